The van der Waals surface area contributed by atoms with Crippen LogP contribution in [-0.2, 0) is 0 Å². The number of hydrogen-bond donors (Lipinski definition) is 1. The first kappa shape index (κ1) is 11.5. The van der Waals surface area contributed by atoms with Gasteiger partial charge in [0.25, 0.3) is 0 Å². The number of nitrogens with two attached hydrogens (primary N) is 1. The van der Waals surface area contributed by atoms with Crippen LogP contribution < -0.4 is 5.73 Å². The van der Waals surface area contributed by atoms with Gasteiger partial charge in [-0.05, 0) is 36.3 Å². The molecule has 1 aromatic carbocycles. The summed E-state index contributed by atoms with van der Waals surface area (Å²) in [5.41, 5.74) is 9.51. The van der Waals surface area contributed by atoms with Crippen LogP contribution in [0.2, 0.25) is 0 Å². The highest BCUT2D eigenvalue weighted by Crippen LogP contribution is 2.40. The van der Waals surface area contributed by atoms with Crippen LogP contribution in [0.1, 0.15) is 49.7 Å². The minimum absolute atomic E-state index is 0.411. The molecule has 1 atom stereocenters. The van der Waals surface area contributed by atoms with Crippen molar-refractivity contribution in [2.24, 2.45) is 21.9 Å². The Labute approximate surface area is 108 Å². The highest BCUT2D eigenvalue weighted by atomic mass is 15.2. The number of hydrogen-bond acceptors (Lipinski definition) is 3. The highest BCUT2D eigenvalue weighted by molar-refractivity contribution is 6.05. The summed E-state index contributed by atoms with van der Waals surface area (Å²) < 4.78 is 0. The van der Waals surface area contributed by atoms with E-state index in [4.69, 9.17) is 5.73 Å². The molecular formula is C15H19N3. The molecule has 1 aliphatic carbocycles. The Morgan fingerprint density at radius 1 is 1.17 bits per heavy atom. The van der Waals surface area contributed by atoms with Gasteiger partial charge in [0.2, 0.25) is 0 Å². The molecule has 1 heterocycles. The topological polar surface area (TPSA) is 50.7 Å². The molecular weight excluding hydrogens is 222 g/mol. The number of rotatable bonds is 3. The lowest BCUT2D eigenvalue weighted by molar-refractivity contribution is 0.677. The van der Waals surface area contributed by atoms with E-state index in [9.17, 15) is 0 Å². The first-order valence-electron chi connectivity index (χ1n) is 6.78. The molecule has 1 aromatic rings. The van der Waals surface area contributed by atoms with Crippen LogP contribution in [-0.4, -0.2) is 11.5 Å². The van der Waals surface area contributed by atoms with Crippen molar-refractivity contribution in [2.45, 2.75) is 38.5 Å². The summed E-state index contributed by atoms with van der Waals surface area (Å²) in [6, 6.07) is 8.85. The van der Waals surface area contributed by atoms with E-state index in [1.165, 1.54) is 24.0 Å². The van der Waals surface area contributed by atoms with E-state index in [1.807, 2.05) is 0 Å². The molecule has 1 unspecified atom stereocenters. The molecule has 3 heteroatoms. The van der Waals surface area contributed by atoms with Gasteiger partial charge in [-0.25, -0.2) is 0 Å². The first-order valence-corrected chi connectivity index (χ1v) is 6.78. The minimum atomic E-state index is 0.411. The van der Waals surface area contributed by atoms with E-state index in [-0.39, 0.29) is 0 Å². The van der Waals surface area contributed by atoms with Crippen LogP contribution in [0, 0.1) is 5.92 Å². The Kier molecular flexibility index (Phi) is 2.90. The largest absolute Gasteiger partial charge is 0.386 e. The lowest BCUT2D eigenvalue weighted by Crippen LogP contribution is -2.26. The van der Waals surface area contributed by atoms with Crippen molar-refractivity contribution < 1.29 is 0 Å². The Morgan fingerprint density at radius 3 is 2.50 bits per heavy atom. The van der Waals surface area contributed by atoms with Crippen molar-refractivity contribution in [2.75, 3.05) is 0 Å². The van der Waals surface area contributed by atoms with Crippen molar-refractivity contribution in [3.05, 3.63) is 35.4 Å². The lowest BCUT2D eigenvalue weighted by Gasteiger charge is -2.20. The van der Waals surface area contributed by atoms with E-state index in [2.05, 4.69) is 41.4 Å². The molecule has 1 fully saturated rings. The van der Waals surface area contributed by atoms with Crippen molar-refractivity contribution in [1.29, 1.82) is 0 Å². The minimum Gasteiger partial charge on any atom is -0.386 e. The number of amidine groups is 1. The van der Waals surface area contributed by atoms with Gasteiger partial charge in [-0.3, -0.25) is 0 Å². The van der Waals surface area contributed by atoms with Gasteiger partial charge in [0, 0.05) is 12.3 Å². The molecule has 0 radical (unpaired) electrons. The van der Waals surface area contributed by atoms with E-state index in [0.717, 1.165) is 24.5 Å². The average Bonchev–Trinajstić information content (AvgIpc) is 3.23. The zero-order valence-corrected chi connectivity index (χ0v) is 10.8. The number of nitrogens with zero attached hydrogens (tertiary/aromatic N) is 2. The smallest absolute Gasteiger partial charge is 0.123 e. The molecule has 18 heavy (non-hydrogen) atoms. The van der Waals surface area contributed by atoms with Gasteiger partial charge in [0.15, 0.2) is 0 Å². The van der Waals surface area contributed by atoms with Crippen LogP contribution in [0.5, 0.6) is 0 Å². The highest BCUT2D eigenvalue weighted by Gasteiger charge is 2.24. The molecule has 2 aliphatic rings. The summed E-state index contributed by atoms with van der Waals surface area (Å²) >= 11 is 0. The molecule has 3 nitrogen and oxygen atoms in total. The summed E-state index contributed by atoms with van der Waals surface area (Å²) in [5, 5.41) is 8.34. The molecule has 3 rings (SSSR count). The van der Waals surface area contributed by atoms with Gasteiger partial charge >= 0.3 is 0 Å². The van der Waals surface area contributed by atoms with Gasteiger partial charge < -0.3 is 5.73 Å². The Morgan fingerprint density at radius 2 is 1.89 bits per heavy atom. The SMILES string of the molecule is CCC1CC(N)=NN=C1c1ccc(C2CC2)cc1. The standard InChI is InChI=1S/C15H19N3/c1-2-10-9-14(16)17-18-15(10)13-7-5-12(6-8-13)11-3-4-11/h5-8,10-11H,2-4,9H2,1H3,(H2,16,17). The van der Waals surface area contributed by atoms with Crippen LogP contribution in [0.4, 0.5) is 0 Å². The van der Waals surface area contributed by atoms with Crippen molar-refractivity contribution in [3.63, 3.8) is 0 Å². The van der Waals surface area contributed by atoms with Gasteiger partial charge in [-0.15, -0.1) is 5.10 Å². The zero-order valence-electron chi connectivity index (χ0n) is 10.8. The lowest BCUT2D eigenvalue weighted by atomic mass is 9.90. The van der Waals surface area contributed by atoms with Crippen molar-refractivity contribution in [3.8, 4) is 0 Å². The maximum atomic E-state index is 5.76. The Bertz CT molecular complexity index is 495. The summed E-state index contributed by atoms with van der Waals surface area (Å²) in [6.45, 7) is 2.18. The zero-order chi connectivity index (χ0) is 12.5. The quantitative estimate of drug-likeness (QED) is 0.868. The second-order valence-corrected chi connectivity index (χ2v) is 5.28. The second-order valence-electron chi connectivity index (χ2n) is 5.28. The van der Waals surface area contributed by atoms with Gasteiger partial charge in [-0.2, -0.15) is 5.10 Å². The molecule has 0 aromatic heterocycles. The molecule has 0 amide bonds. The molecule has 1 saturated carbocycles. The fraction of sp³-hybridized carbons (Fsp3) is 0.467. The summed E-state index contributed by atoms with van der Waals surface area (Å²) in [5.74, 6) is 1.87. The molecule has 0 saturated heterocycles. The molecule has 0 bridgehead atoms. The Balaban J connectivity index is 1.88. The van der Waals surface area contributed by atoms with Crippen molar-refractivity contribution in [1.82, 2.24) is 0 Å². The normalized spacial score (nSPS) is 23.5. The van der Waals surface area contributed by atoms with Crippen molar-refractivity contribution >= 4 is 11.5 Å². The molecule has 0 spiro atoms. The van der Waals surface area contributed by atoms with E-state index < -0.39 is 0 Å². The third kappa shape index (κ3) is 2.17. The van der Waals surface area contributed by atoms with Crippen LogP contribution in [0.3, 0.4) is 0 Å². The molecule has 1 aliphatic heterocycles. The third-order valence-electron chi connectivity index (χ3n) is 3.88. The second kappa shape index (κ2) is 4.56. The van der Waals surface area contributed by atoms with Gasteiger partial charge in [-0.1, -0.05) is 31.2 Å². The monoisotopic (exact) mass is 241 g/mol. The number of benzene rings is 1. The predicted octanol–water partition coefficient (Wildman–Crippen LogP) is 3.06. The van der Waals surface area contributed by atoms with Gasteiger partial charge in [0.1, 0.15) is 5.84 Å². The maximum Gasteiger partial charge on any atom is 0.123 e. The summed E-state index contributed by atoms with van der Waals surface area (Å²) in [6.07, 6.45) is 4.58. The fourth-order valence-electron chi connectivity index (χ4n) is 2.56. The third-order valence-corrected chi connectivity index (χ3v) is 3.88. The van der Waals surface area contributed by atoms with Crippen LogP contribution in [0.25, 0.3) is 0 Å². The fourth-order valence-corrected chi connectivity index (χ4v) is 2.56. The van der Waals surface area contributed by atoms with E-state index in [1.54, 1.807) is 0 Å². The maximum absolute atomic E-state index is 5.76. The summed E-state index contributed by atoms with van der Waals surface area (Å²) in [4.78, 5) is 0. The average molecular weight is 241 g/mol. The molecule has 94 valence electrons. The first-order chi connectivity index (χ1) is 8.78. The predicted molar refractivity (Wildman–Crippen MR) is 75.0 cm³/mol. The summed E-state index contributed by atoms with van der Waals surface area (Å²) in [7, 11) is 0. The van der Waals surface area contributed by atoms with Crippen LogP contribution in [0.15, 0.2) is 34.5 Å². The Hall–Kier alpha value is -1.64. The van der Waals surface area contributed by atoms with Crippen LogP contribution >= 0.6 is 0 Å². The van der Waals surface area contributed by atoms with E-state index >= 15 is 0 Å². The van der Waals surface area contributed by atoms with E-state index in [0.29, 0.717) is 11.8 Å². The van der Waals surface area contributed by atoms with Gasteiger partial charge in [0.05, 0.1) is 5.71 Å². The molecule has 2 N–H and O–H groups in total.